The molecule has 42 heteroatoms. The van der Waals surface area contributed by atoms with Crippen molar-refractivity contribution in [1.29, 1.82) is 0 Å². The van der Waals surface area contributed by atoms with Crippen LogP contribution in [0.25, 0.3) is 4.85 Å². The number of H-pyrrole nitrogens is 2. The molecular weight excluding hydrogens is 2000 g/mol. The number of nitrogens with one attached hydrogen (secondary N) is 2. The van der Waals surface area contributed by atoms with Crippen molar-refractivity contribution in [3.63, 3.8) is 0 Å². The van der Waals surface area contributed by atoms with Crippen molar-refractivity contribution in [3.8, 4) is 0 Å². The van der Waals surface area contributed by atoms with Crippen molar-refractivity contribution < 1.29 is 107 Å². The Morgan fingerprint density at radius 2 is 0.791 bits per heavy atom. The van der Waals surface area contributed by atoms with Gasteiger partial charge < -0.3 is 98.2 Å². The molecule has 3 fully saturated rings. The Labute approximate surface area is 869 Å². The van der Waals surface area contributed by atoms with Crippen molar-refractivity contribution in [3.05, 3.63) is 313 Å². The van der Waals surface area contributed by atoms with Gasteiger partial charge in [0.25, 0.3) is 33.5 Å². The van der Waals surface area contributed by atoms with E-state index in [1.807, 2.05) is 185 Å². The molecule has 2 N–H and O–H groups in total. The van der Waals surface area contributed by atoms with E-state index in [1.165, 1.54) is 39.4 Å². The van der Waals surface area contributed by atoms with E-state index in [1.54, 1.807) is 82.9 Å². The minimum Gasteiger partial charge on any atom is -0.399 e. The minimum atomic E-state index is -3.31. The van der Waals surface area contributed by atoms with Crippen molar-refractivity contribution in [2.45, 2.75) is 232 Å². The molecule has 4 unspecified atom stereocenters. The molecule has 0 saturated carbocycles. The molecular formula is C106H150N8O29P4Si. The fourth-order valence-corrected chi connectivity index (χ4v) is 29.5. The first-order chi connectivity index (χ1) is 70.8. The molecule has 812 valence electrons. The summed E-state index contributed by atoms with van der Waals surface area (Å²) in [6.45, 7) is 39.7. The highest BCUT2D eigenvalue weighted by molar-refractivity contribution is 7.58. The summed E-state index contributed by atoms with van der Waals surface area (Å²) >= 11 is 0. The highest BCUT2D eigenvalue weighted by atomic mass is 31.2. The summed E-state index contributed by atoms with van der Waals surface area (Å²) in [6.07, 6.45) is -9.15. The molecule has 0 spiro atoms. The van der Waals surface area contributed by atoms with Gasteiger partial charge in [-0.15, -0.1) is 0 Å². The standard InChI is InChI=1S/C40H53N2O9PSi.C33H52N4O10P2.C33H45N2O10P/c1-8-49-52(7,45)28-33(48-27-30-18-12-9-13-19-30)34-35(36(47-25-24-46-6)38(50-34)42-26-29(2)37(43)41-39(42)44)51-53(40(3,4)5,31-20-14-10-15-21-31)32-22-16-11-17-23-32;1-10-45-49(9,40)22-27(43-21-26-14-12-11-13-15-26)28-29(47-48(44-17-16-34-7)37(23(2)3)24(4)5)30(42-19-18-41-8)32(46-28)36-20-25(6)31(38)35-33(36)39;1-6-44-46(5,38)22-27(43-21-26-15-11-8-12-16-26)28-29(40-4)30(42-18-17-39-3)32(45-28)34-19-24(2)31(36)35(33(34)37)23-41-20-25-13-9-7-10-14-25/h9-23,26,33-36,38H,8,24-25,27-28H2,1-7H3,(H,41,43,44);11-15,20,23-24,27-30,32H,10,16-19,21-22H2,1-6,8-9H3,(H,35,38,39);7-16,19,27-30,32H,6,17-18,20-23H2,1-5H3/t33-,34-,35-,36-,38-,52?;27-,28-,29-,30-,32-,48?,49?;27-,28-,29-,30-,32-,46?/m111/s1. The van der Waals surface area contributed by atoms with E-state index in [0.717, 1.165) is 37.2 Å². The summed E-state index contributed by atoms with van der Waals surface area (Å²) in [6, 6.07) is 58.7. The van der Waals surface area contributed by atoms with E-state index < -0.39 is 170 Å². The largest absolute Gasteiger partial charge is 0.399 e. The lowest BCUT2D eigenvalue weighted by atomic mass is 10.1. The third kappa shape index (κ3) is 33.7. The Kier molecular flexibility index (Phi) is 48.3. The zero-order valence-corrected chi connectivity index (χ0v) is 93.2. The Balaban J connectivity index is 0.000000228. The molecule has 19 atom stereocenters. The van der Waals surface area contributed by atoms with Crippen LogP contribution in [-0.4, -0.2) is 266 Å². The predicted molar refractivity (Wildman–Crippen MR) is 569 cm³/mol. The Hall–Kier alpha value is -8.65. The molecule has 0 amide bonds. The highest BCUT2D eigenvalue weighted by Gasteiger charge is 2.61. The lowest BCUT2D eigenvalue weighted by Crippen LogP contribution is -2.69. The van der Waals surface area contributed by atoms with Crippen LogP contribution >= 0.6 is 30.6 Å². The second kappa shape index (κ2) is 59.0. The number of hydrogen-bond acceptors (Lipinski definition) is 30. The van der Waals surface area contributed by atoms with E-state index in [-0.39, 0.29) is 136 Å². The van der Waals surface area contributed by atoms with Gasteiger partial charge in [0.2, 0.25) is 28.7 Å². The molecule has 3 saturated heterocycles. The molecule has 6 aromatic carbocycles. The molecule has 148 heavy (non-hydrogen) atoms. The van der Waals surface area contributed by atoms with Crippen molar-refractivity contribution in [1.82, 2.24) is 32.9 Å². The Bertz CT molecular complexity index is 6060. The highest BCUT2D eigenvalue weighted by Crippen LogP contribution is 2.55. The number of aromatic amines is 2. The number of aryl methyl sites for hydroxylation is 3. The maximum absolute atomic E-state index is 14.0. The van der Waals surface area contributed by atoms with Crippen LogP contribution < -0.4 is 44.1 Å². The third-order valence-electron chi connectivity index (χ3n) is 24.9. The van der Waals surface area contributed by atoms with E-state index >= 15 is 0 Å². The van der Waals surface area contributed by atoms with Gasteiger partial charge in [0.1, 0.15) is 68.3 Å². The van der Waals surface area contributed by atoms with Gasteiger partial charge in [-0.3, -0.25) is 51.7 Å². The van der Waals surface area contributed by atoms with Gasteiger partial charge in [-0.25, -0.2) is 30.2 Å². The SMILES string of the molecule is CCOP(C)(=O)C[C@@H](OCc1ccccc1)[C@H]1O[C@@H](n2cc(C)c(=O)[nH]c2=O)[C@H](OCCOC)[C@@H]1O[Si](c1ccccc1)(c1ccccc1)C(C)(C)C.CCOP(C)(=O)C[C@@H](OCc1ccccc1)[C@H]1O[C@@H](n2cc(C)c(=O)n(COCc3ccccc3)c2=O)[C@H](OCCOC)[C@@H]1OC.[C-]#[N+]CCOP(O[C@H]1[C@@H](OCCOC)[C@H](n2cc(C)c(=O)[nH]c2=O)O[C@@H]1[C@@H](CP(C)(=O)OCC)OCc1ccccc1)N(C(C)C)C(C)C. The van der Waals surface area contributed by atoms with Crippen molar-refractivity contribution >= 4 is 49.3 Å². The number of benzene rings is 6. The van der Waals surface area contributed by atoms with Crippen molar-refractivity contribution in [2.24, 2.45) is 0 Å². The molecule has 6 heterocycles. The Morgan fingerprint density at radius 1 is 0.453 bits per heavy atom. The molecule has 3 aliphatic rings. The molecule has 3 aliphatic heterocycles. The van der Waals surface area contributed by atoms with E-state index in [0.29, 0.717) is 16.7 Å². The Morgan fingerprint density at radius 3 is 1.14 bits per heavy atom. The van der Waals surface area contributed by atoms with E-state index in [2.05, 4.69) is 64.5 Å². The molecule has 0 radical (unpaired) electrons. The lowest BCUT2D eigenvalue weighted by Gasteiger charge is -2.46. The maximum atomic E-state index is 14.0. The third-order valence-corrected chi connectivity index (χ3v) is 37.6. The second-order valence-corrected chi connectivity index (χ2v) is 51.6. The topological polar surface area (TPSA) is 397 Å². The first-order valence-electron chi connectivity index (χ1n) is 49.8. The van der Waals surface area contributed by atoms with Gasteiger partial charge in [0.15, 0.2) is 18.7 Å². The van der Waals surface area contributed by atoms with Crippen LogP contribution in [0.15, 0.2) is 229 Å². The molecule has 37 nitrogen and oxygen atoms in total. The normalized spacial score (nSPS) is 21.5. The van der Waals surface area contributed by atoms with Gasteiger partial charge in [-0.2, -0.15) is 0 Å². The molecule has 3 aromatic heterocycles. The van der Waals surface area contributed by atoms with E-state index in [4.69, 9.17) is 99.9 Å². The fraction of sp³-hybridized carbons (Fsp3) is 0.538. The first kappa shape index (κ1) is 121. The number of rotatable bonds is 56. The van der Waals surface area contributed by atoms with Gasteiger partial charge in [0.05, 0.1) is 123 Å². The zero-order chi connectivity index (χ0) is 107. The monoisotopic (exact) mass is 2150 g/mol. The summed E-state index contributed by atoms with van der Waals surface area (Å²) in [7, 11) is -8.50. The number of hydrogen-bond donors (Lipinski definition) is 2. The van der Waals surface area contributed by atoms with Crippen LogP contribution in [-0.2, 0) is 140 Å². The smallest absolute Gasteiger partial charge is 0.335 e. The molecule has 9 aromatic rings. The molecule has 0 aliphatic carbocycles. The van der Waals surface area contributed by atoms with Gasteiger partial charge in [0, 0.05) is 95.8 Å². The zero-order valence-electron chi connectivity index (χ0n) is 88.6. The number of aromatic nitrogens is 6. The fourth-order valence-electron chi connectivity index (χ4n) is 18.2. The van der Waals surface area contributed by atoms with Gasteiger partial charge in [-0.1, -0.05) is 203 Å². The first-order valence-corrected chi connectivity index (χ1v) is 59.6. The quantitative estimate of drug-likeness (QED) is 0.0155. The number of nitrogens with zero attached hydrogens (tertiary/aromatic N) is 6. The summed E-state index contributed by atoms with van der Waals surface area (Å²) < 4.78 is 173. The molecule has 12 rings (SSSR count). The van der Waals surface area contributed by atoms with Crippen LogP contribution in [0.2, 0.25) is 5.04 Å². The van der Waals surface area contributed by atoms with Crippen LogP contribution in [0.1, 0.15) is 127 Å². The predicted octanol–water partition coefficient (Wildman–Crippen LogP) is 14.2. The molecule has 0 bridgehead atoms. The summed E-state index contributed by atoms with van der Waals surface area (Å²) in [5.74, 6) is 0. The summed E-state index contributed by atoms with van der Waals surface area (Å²) in [5, 5.41) is 1.63. The van der Waals surface area contributed by atoms with Crippen LogP contribution in [0.4, 0.5) is 0 Å². The maximum Gasteiger partial charge on any atom is 0.335 e. The van der Waals surface area contributed by atoms with E-state index in [9.17, 15) is 42.5 Å². The van der Waals surface area contributed by atoms with Crippen LogP contribution in [0, 0.1) is 27.3 Å². The van der Waals surface area contributed by atoms with Crippen molar-refractivity contribution in [2.75, 3.05) is 140 Å². The van der Waals surface area contributed by atoms with Gasteiger partial charge in [-0.05, 0) is 107 Å². The second-order valence-electron chi connectivity index (χ2n) is 38.0. The van der Waals surface area contributed by atoms with Gasteiger partial charge >= 0.3 is 17.1 Å². The minimum absolute atomic E-state index is 0.00751. The summed E-state index contributed by atoms with van der Waals surface area (Å²) in [5.41, 5.74) is 1.07. The van der Waals surface area contributed by atoms with Crippen LogP contribution in [0.5, 0.6) is 0 Å². The number of ether oxygens (including phenoxy) is 14. The average molecular weight is 2150 g/mol. The number of methoxy groups -OCH3 is 4. The lowest BCUT2D eigenvalue weighted by molar-refractivity contribution is -0.111. The van der Waals surface area contributed by atoms with Crippen LogP contribution in [0.3, 0.4) is 0 Å². The summed E-state index contributed by atoms with van der Waals surface area (Å²) in [4.78, 5) is 87.0. The average Bonchev–Trinajstić information content (AvgIpc) is 1.32.